The summed E-state index contributed by atoms with van der Waals surface area (Å²) < 4.78 is 5.42. The Labute approximate surface area is 145 Å². The summed E-state index contributed by atoms with van der Waals surface area (Å²) in [4.78, 5) is 27.7. The van der Waals surface area contributed by atoms with Gasteiger partial charge in [-0.25, -0.2) is 9.97 Å². The number of hydrogen-bond acceptors (Lipinski definition) is 8. The van der Waals surface area contributed by atoms with E-state index in [2.05, 4.69) is 24.8 Å². The Morgan fingerprint density at radius 3 is 2.60 bits per heavy atom. The minimum atomic E-state index is -0.410. The number of nitro groups is 1. The fraction of sp³-hybridized carbons (Fsp3) is 0.438. The highest BCUT2D eigenvalue weighted by Gasteiger charge is 2.22. The van der Waals surface area contributed by atoms with Crippen LogP contribution in [0.15, 0.2) is 24.5 Å². The van der Waals surface area contributed by atoms with Gasteiger partial charge in [0.15, 0.2) is 0 Å². The molecule has 2 aromatic heterocycles. The quantitative estimate of drug-likeness (QED) is 0.598. The van der Waals surface area contributed by atoms with Crippen molar-refractivity contribution in [1.82, 2.24) is 15.0 Å². The largest absolute Gasteiger partial charge is 0.478 e. The smallest absolute Gasteiger partial charge is 0.290 e. The van der Waals surface area contributed by atoms with Crippen molar-refractivity contribution in [1.29, 1.82) is 0 Å². The molecule has 9 heteroatoms. The Balaban J connectivity index is 1.66. The van der Waals surface area contributed by atoms with Crippen LogP contribution in [0.4, 0.5) is 17.5 Å². The average molecular weight is 344 g/mol. The third kappa shape index (κ3) is 3.76. The van der Waals surface area contributed by atoms with Crippen LogP contribution in [0, 0.1) is 17.0 Å². The Hall–Kier alpha value is -2.97. The van der Waals surface area contributed by atoms with Crippen molar-refractivity contribution in [2.45, 2.75) is 13.8 Å². The third-order valence-electron chi connectivity index (χ3n) is 4.06. The van der Waals surface area contributed by atoms with Gasteiger partial charge in [0.05, 0.1) is 11.5 Å². The van der Waals surface area contributed by atoms with Crippen LogP contribution in [0.25, 0.3) is 0 Å². The lowest BCUT2D eigenvalue weighted by Gasteiger charge is -2.35. The number of anilines is 2. The second-order valence-electron chi connectivity index (χ2n) is 5.69. The van der Waals surface area contributed by atoms with Crippen LogP contribution in [0.3, 0.4) is 0 Å². The summed E-state index contributed by atoms with van der Waals surface area (Å²) in [5.74, 6) is 1.98. The van der Waals surface area contributed by atoms with E-state index in [1.165, 1.54) is 6.20 Å². The number of piperazine rings is 1. The molecule has 132 valence electrons. The van der Waals surface area contributed by atoms with Gasteiger partial charge in [-0.2, -0.15) is 4.98 Å². The van der Waals surface area contributed by atoms with Crippen LogP contribution in [-0.2, 0) is 0 Å². The lowest BCUT2D eigenvalue weighted by Crippen LogP contribution is -2.47. The molecular weight excluding hydrogens is 324 g/mol. The second-order valence-corrected chi connectivity index (χ2v) is 5.69. The number of aryl methyl sites for hydroxylation is 1. The summed E-state index contributed by atoms with van der Waals surface area (Å²) in [5.41, 5.74) is 0.661. The van der Waals surface area contributed by atoms with E-state index in [9.17, 15) is 10.1 Å². The van der Waals surface area contributed by atoms with E-state index in [4.69, 9.17) is 4.74 Å². The van der Waals surface area contributed by atoms with Gasteiger partial charge >= 0.3 is 0 Å². The number of rotatable bonds is 5. The molecule has 0 spiro atoms. The maximum atomic E-state index is 10.9. The Morgan fingerprint density at radius 2 is 1.96 bits per heavy atom. The highest BCUT2D eigenvalue weighted by molar-refractivity contribution is 5.50. The maximum Gasteiger partial charge on any atom is 0.290 e. The van der Waals surface area contributed by atoms with Crippen molar-refractivity contribution < 1.29 is 9.66 Å². The number of ether oxygens (including phenoxy) is 1. The highest BCUT2D eigenvalue weighted by Crippen LogP contribution is 2.23. The molecule has 0 radical (unpaired) electrons. The SMILES string of the molecule is CCOc1ccnc(N2CCN(c3cc(C)c([N+](=O)[O-])cn3)CC2)n1. The predicted octanol–water partition coefficient (Wildman–Crippen LogP) is 1.81. The summed E-state index contributed by atoms with van der Waals surface area (Å²) in [6.45, 7) is 7.18. The minimum Gasteiger partial charge on any atom is -0.478 e. The minimum absolute atomic E-state index is 0.0449. The lowest BCUT2D eigenvalue weighted by molar-refractivity contribution is -0.385. The molecule has 1 saturated heterocycles. The van der Waals surface area contributed by atoms with Gasteiger partial charge in [0.2, 0.25) is 11.8 Å². The molecule has 25 heavy (non-hydrogen) atoms. The molecule has 1 aliphatic heterocycles. The van der Waals surface area contributed by atoms with Crippen molar-refractivity contribution in [2.24, 2.45) is 0 Å². The topological polar surface area (TPSA) is 97.5 Å². The molecule has 0 aliphatic carbocycles. The Morgan fingerprint density at radius 1 is 1.24 bits per heavy atom. The van der Waals surface area contributed by atoms with Crippen LogP contribution < -0.4 is 14.5 Å². The Bertz CT molecular complexity index is 761. The zero-order chi connectivity index (χ0) is 17.8. The summed E-state index contributed by atoms with van der Waals surface area (Å²) in [6, 6.07) is 3.51. The van der Waals surface area contributed by atoms with Gasteiger partial charge in [-0.3, -0.25) is 10.1 Å². The number of nitrogens with zero attached hydrogens (tertiary/aromatic N) is 6. The molecule has 1 fully saturated rings. The van der Waals surface area contributed by atoms with E-state index in [1.807, 2.05) is 6.92 Å². The first-order chi connectivity index (χ1) is 12.1. The zero-order valence-corrected chi connectivity index (χ0v) is 14.3. The molecule has 3 heterocycles. The molecule has 9 nitrogen and oxygen atoms in total. The van der Waals surface area contributed by atoms with Crippen LogP contribution in [0.1, 0.15) is 12.5 Å². The van der Waals surface area contributed by atoms with E-state index in [1.54, 1.807) is 25.3 Å². The van der Waals surface area contributed by atoms with E-state index < -0.39 is 4.92 Å². The molecule has 0 amide bonds. The zero-order valence-electron chi connectivity index (χ0n) is 14.3. The first-order valence-electron chi connectivity index (χ1n) is 8.15. The average Bonchev–Trinajstić information content (AvgIpc) is 2.62. The first kappa shape index (κ1) is 16.9. The number of aromatic nitrogens is 3. The molecule has 0 unspecified atom stereocenters. The number of hydrogen-bond donors (Lipinski definition) is 0. The van der Waals surface area contributed by atoms with Gasteiger partial charge in [-0.15, -0.1) is 0 Å². The molecule has 0 bridgehead atoms. The fourth-order valence-corrected chi connectivity index (χ4v) is 2.75. The van der Waals surface area contributed by atoms with Gasteiger partial charge in [-0.05, 0) is 19.9 Å². The third-order valence-corrected chi connectivity index (χ3v) is 4.06. The normalized spacial score (nSPS) is 14.5. The predicted molar refractivity (Wildman–Crippen MR) is 93.3 cm³/mol. The maximum absolute atomic E-state index is 10.9. The van der Waals surface area contributed by atoms with Crippen molar-refractivity contribution >= 4 is 17.5 Å². The Kier molecular flexibility index (Phi) is 4.92. The van der Waals surface area contributed by atoms with Gasteiger partial charge < -0.3 is 14.5 Å². The van der Waals surface area contributed by atoms with E-state index >= 15 is 0 Å². The fourth-order valence-electron chi connectivity index (χ4n) is 2.75. The van der Waals surface area contributed by atoms with Gasteiger partial charge in [0.1, 0.15) is 12.0 Å². The molecule has 3 rings (SSSR count). The summed E-state index contributed by atoms with van der Waals surface area (Å²) >= 11 is 0. The van der Waals surface area contributed by atoms with E-state index in [-0.39, 0.29) is 5.69 Å². The monoisotopic (exact) mass is 344 g/mol. The van der Waals surface area contributed by atoms with Crippen LogP contribution in [-0.4, -0.2) is 52.7 Å². The van der Waals surface area contributed by atoms with Crippen molar-refractivity contribution in [3.8, 4) is 5.88 Å². The summed E-state index contributed by atoms with van der Waals surface area (Å²) in [5, 5.41) is 10.9. The standard InChI is InChI=1S/C16H20N6O3/c1-3-25-15-4-5-17-16(19-15)21-8-6-20(7-9-21)14-10-12(2)13(11-18-14)22(23)24/h4-5,10-11H,3,6-9H2,1-2H3. The second kappa shape index (κ2) is 7.29. The highest BCUT2D eigenvalue weighted by atomic mass is 16.6. The molecule has 0 atom stereocenters. The molecule has 0 saturated carbocycles. The van der Waals surface area contributed by atoms with E-state index in [0.717, 1.165) is 32.0 Å². The van der Waals surface area contributed by atoms with Crippen LogP contribution in [0.5, 0.6) is 5.88 Å². The van der Waals surface area contributed by atoms with Gasteiger partial charge in [0, 0.05) is 44.0 Å². The first-order valence-corrected chi connectivity index (χ1v) is 8.15. The van der Waals surface area contributed by atoms with Crippen LogP contribution in [0.2, 0.25) is 0 Å². The van der Waals surface area contributed by atoms with Crippen molar-refractivity contribution in [3.05, 3.63) is 40.2 Å². The molecular formula is C16H20N6O3. The number of pyridine rings is 1. The molecule has 2 aromatic rings. The molecule has 0 aromatic carbocycles. The van der Waals surface area contributed by atoms with Crippen molar-refractivity contribution in [3.63, 3.8) is 0 Å². The van der Waals surface area contributed by atoms with Crippen molar-refractivity contribution in [2.75, 3.05) is 42.6 Å². The van der Waals surface area contributed by atoms with Crippen LogP contribution >= 0.6 is 0 Å². The molecule has 0 N–H and O–H groups in total. The molecule has 1 aliphatic rings. The summed E-state index contributed by atoms with van der Waals surface area (Å²) in [7, 11) is 0. The summed E-state index contributed by atoms with van der Waals surface area (Å²) in [6.07, 6.45) is 3.02. The van der Waals surface area contributed by atoms with Gasteiger partial charge in [0.25, 0.3) is 5.69 Å². The van der Waals surface area contributed by atoms with E-state index in [0.29, 0.717) is 24.0 Å². The lowest BCUT2D eigenvalue weighted by atomic mass is 10.2. The van der Waals surface area contributed by atoms with Gasteiger partial charge in [-0.1, -0.05) is 0 Å².